The van der Waals surface area contributed by atoms with Crippen molar-refractivity contribution in [1.82, 2.24) is 9.78 Å². The summed E-state index contributed by atoms with van der Waals surface area (Å²) in [5, 5.41) is 7.01. The number of rotatable bonds is 10. The predicted octanol–water partition coefficient (Wildman–Crippen LogP) is 4.27. The molecule has 0 saturated heterocycles. The Kier molecular flexibility index (Phi) is 7.84. The summed E-state index contributed by atoms with van der Waals surface area (Å²) in [6, 6.07) is 14.9. The van der Waals surface area contributed by atoms with Crippen LogP contribution in [0.25, 0.3) is 12.2 Å². The topological polar surface area (TPSA) is 74.6 Å². The number of aromatic nitrogens is 2. The van der Waals surface area contributed by atoms with Crippen LogP contribution in [0, 0.1) is 0 Å². The summed E-state index contributed by atoms with van der Waals surface area (Å²) in [4.78, 5) is 12.8. The lowest BCUT2D eigenvalue weighted by molar-refractivity contribution is 0.102. The highest BCUT2D eigenvalue weighted by Gasteiger charge is 2.11. The normalized spacial score (nSPS) is 10.9. The Morgan fingerprint density at radius 3 is 2.68 bits per heavy atom. The van der Waals surface area contributed by atoms with Crippen LogP contribution in [-0.2, 0) is 11.8 Å². The quantitative estimate of drug-likeness (QED) is 0.391. The van der Waals surface area contributed by atoms with Gasteiger partial charge in [-0.25, -0.2) is 0 Å². The van der Waals surface area contributed by atoms with Gasteiger partial charge in [0.2, 0.25) is 0 Å². The molecule has 0 spiro atoms. The first-order valence-electron chi connectivity index (χ1n) is 9.98. The van der Waals surface area contributed by atoms with E-state index in [4.69, 9.17) is 14.2 Å². The molecule has 0 radical (unpaired) electrons. The van der Waals surface area contributed by atoms with Gasteiger partial charge in [-0.05, 0) is 29.8 Å². The molecule has 1 N–H and O–H groups in total. The van der Waals surface area contributed by atoms with E-state index in [1.807, 2.05) is 48.6 Å². The van der Waals surface area contributed by atoms with E-state index in [1.54, 1.807) is 44.3 Å². The Labute approximate surface area is 182 Å². The third-order valence-corrected chi connectivity index (χ3v) is 4.50. The van der Waals surface area contributed by atoms with Crippen molar-refractivity contribution in [2.45, 2.75) is 6.42 Å². The van der Waals surface area contributed by atoms with Gasteiger partial charge in [-0.2, -0.15) is 5.10 Å². The molecule has 3 rings (SSSR count). The first kappa shape index (κ1) is 22.1. The molecule has 1 amide bonds. The minimum absolute atomic E-state index is 0.256. The van der Waals surface area contributed by atoms with E-state index in [2.05, 4.69) is 10.4 Å². The number of aryl methyl sites for hydroxylation is 1. The Hall–Kier alpha value is -3.58. The summed E-state index contributed by atoms with van der Waals surface area (Å²) in [5.41, 5.74) is 2.26. The number of carbonyl (C=O) groups is 1. The summed E-state index contributed by atoms with van der Waals surface area (Å²) in [6.07, 6.45) is 6.40. The maximum atomic E-state index is 12.8. The number of nitrogens with one attached hydrogen (secondary N) is 1. The van der Waals surface area contributed by atoms with E-state index in [-0.39, 0.29) is 5.91 Å². The van der Waals surface area contributed by atoms with E-state index < -0.39 is 0 Å². The van der Waals surface area contributed by atoms with Crippen molar-refractivity contribution in [3.05, 3.63) is 71.4 Å². The second kappa shape index (κ2) is 11.0. The maximum Gasteiger partial charge on any atom is 0.257 e. The van der Waals surface area contributed by atoms with E-state index in [0.29, 0.717) is 30.3 Å². The second-order valence-corrected chi connectivity index (χ2v) is 6.89. The van der Waals surface area contributed by atoms with Crippen molar-refractivity contribution in [3.63, 3.8) is 0 Å². The van der Waals surface area contributed by atoms with Crippen molar-refractivity contribution in [3.8, 4) is 11.5 Å². The highest BCUT2D eigenvalue weighted by Crippen LogP contribution is 2.23. The van der Waals surface area contributed by atoms with Gasteiger partial charge in [0.15, 0.2) is 5.82 Å². The van der Waals surface area contributed by atoms with Crippen molar-refractivity contribution < 1.29 is 19.0 Å². The van der Waals surface area contributed by atoms with Crippen LogP contribution in [-0.4, -0.2) is 43.1 Å². The number of hydrogen-bond donors (Lipinski definition) is 1. The smallest absolute Gasteiger partial charge is 0.257 e. The lowest BCUT2D eigenvalue weighted by Crippen LogP contribution is -2.13. The SMILES string of the molecule is COCCCOc1cc(/C=C/c2ccccc2OC)cc(C(=O)Nc2ccn(C)n2)c1. The Balaban J connectivity index is 1.85. The number of nitrogens with zero attached hydrogens (tertiary/aromatic N) is 2. The molecule has 0 aliphatic rings. The van der Waals surface area contributed by atoms with Gasteiger partial charge in [-0.3, -0.25) is 9.48 Å². The van der Waals surface area contributed by atoms with Crippen LogP contribution in [0.1, 0.15) is 27.9 Å². The molecule has 0 aliphatic carbocycles. The van der Waals surface area contributed by atoms with Gasteiger partial charge in [-0.15, -0.1) is 0 Å². The number of ether oxygens (including phenoxy) is 3. The molecule has 162 valence electrons. The Morgan fingerprint density at radius 1 is 1.10 bits per heavy atom. The van der Waals surface area contributed by atoms with Crippen molar-refractivity contribution in [2.24, 2.45) is 7.05 Å². The minimum Gasteiger partial charge on any atom is -0.496 e. The third-order valence-electron chi connectivity index (χ3n) is 4.50. The van der Waals surface area contributed by atoms with Gasteiger partial charge >= 0.3 is 0 Å². The molecule has 0 fully saturated rings. The molecule has 1 heterocycles. The van der Waals surface area contributed by atoms with E-state index in [0.717, 1.165) is 23.3 Å². The zero-order chi connectivity index (χ0) is 22.1. The van der Waals surface area contributed by atoms with Gasteiger partial charge in [-0.1, -0.05) is 30.4 Å². The highest BCUT2D eigenvalue weighted by molar-refractivity contribution is 6.04. The molecule has 0 atom stereocenters. The van der Waals surface area contributed by atoms with Gasteiger partial charge in [0.05, 0.1) is 13.7 Å². The molecule has 7 heteroatoms. The molecule has 3 aromatic rings. The molecule has 2 aromatic carbocycles. The van der Waals surface area contributed by atoms with Gasteiger partial charge < -0.3 is 19.5 Å². The van der Waals surface area contributed by atoms with Crippen LogP contribution < -0.4 is 14.8 Å². The third kappa shape index (κ3) is 6.45. The summed E-state index contributed by atoms with van der Waals surface area (Å²) < 4.78 is 18.0. The van der Waals surface area contributed by atoms with Crippen molar-refractivity contribution >= 4 is 23.9 Å². The summed E-state index contributed by atoms with van der Waals surface area (Å²) in [7, 11) is 5.09. The number of hydrogen-bond acceptors (Lipinski definition) is 5. The standard InChI is InChI=1S/C24H27N3O4/c1-27-12-11-23(26-27)25-24(28)20-15-18(16-21(17-20)31-14-6-13-29-2)9-10-19-7-4-5-8-22(19)30-3/h4-5,7-12,15-17H,6,13-14H2,1-3H3,(H,25,26,28)/b10-9+. The number of para-hydroxylation sites is 1. The predicted molar refractivity (Wildman–Crippen MR) is 122 cm³/mol. The fraction of sp³-hybridized carbons (Fsp3) is 0.250. The molecule has 0 saturated carbocycles. The largest absolute Gasteiger partial charge is 0.496 e. The van der Waals surface area contributed by atoms with E-state index in [9.17, 15) is 4.79 Å². The zero-order valence-electron chi connectivity index (χ0n) is 18.0. The minimum atomic E-state index is -0.256. The van der Waals surface area contributed by atoms with Gasteiger partial charge in [0.1, 0.15) is 11.5 Å². The summed E-state index contributed by atoms with van der Waals surface area (Å²) >= 11 is 0. The fourth-order valence-corrected chi connectivity index (χ4v) is 2.99. The molecule has 31 heavy (non-hydrogen) atoms. The Morgan fingerprint density at radius 2 is 1.94 bits per heavy atom. The fourth-order valence-electron chi connectivity index (χ4n) is 2.99. The van der Waals surface area contributed by atoms with Crippen LogP contribution in [0.2, 0.25) is 0 Å². The summed E-state index contributed by atoms with van der Waals surface area (Å²) in [5.74, 6) is 1.63. The number of methoxy groups -OCH3 is 2. The zero-order valence-corrected chi connectivity index (χ0v) is 18.0. The molecule has 0 bridgehead atoms. The van der Waals surface area contributed by atoms with Gasteiger partial charge in [0.25, 0.3) is 5.91 Å². The van der Waals surface area contributed by atoms with Crippen LogP contribution >= 0.6 is 0 Å². The van der Waals surface area contributed by atoms with Crippen molar-refractivity contribution in [2.75, 3.05) is 32.8 Å². The van der Waals surface area contributed by atoms with Crippen molar-refractivity contribution in [1.29, 1.82) is 0 Å². The average molecular weight is 421 g/mol. The average Bonchev–Trinajstić information content (AvgIpc) is 3.19. The van der Waals surface area contributed by atoms with Gasteiger partial charge in [0, 0.05) is 50.6 Å². The van der Waals surface area contributed by atoms with Crippen LogP contribution in [0.5, 0.6) is 11.5 Å². The first-order valence-corrected chi connectivity index (χ1v) is 9.98. The molecule has 0 unspecified atom stereocenters. The van der Waals surface area contributed by atoms with E-state index in [1.165, 1.54) is 0 Å². The highest BCUT2D eigenvalue weighted by atomic mass is 16.5. The first-order chi connectivity index (χ1) is 15.1. The molecule has 1 aromatic heterocycles. The van der Waals surface area contributed by atoms with Crippen LogP contribution in [0.3, 0.4) is 0 Å². The number of amides is 1. The second-order valence-electron chi connectivity index (χ2n) is 6.89. The number of anilines is 1. The molecule has 0 aliphatic heterocycles. The molecular formula is C24H27N3O4. The number of benzene rings is 2. The number of carbonyl (C=O) groups excluding carboxylic acids is 1. The lowest BCUT2D eigenvalue weighted by Gasteiger charge is -2.10. The summed E-state index contributed by atoms with van der Waals surface area (Å²) in [6.45, 7) is 1.11. The van der Waals surface area contributed by atoms with Crippen LogP contribution in [0.4, 0.5) is 5.82 Å². The van der Waals surface area contributed by atoms with E-state index >= 15 is 0 Å². The molecular weight excluding hydrogens is 394 g/mol. The maximum absolute atomic E-state index is 12.8. The molecule has 7 nitrogen and oxygen atoms in total. The lowest BCUT2D eigenvalue weighted by atomic mass is 10.1. The monoisotopic (exact) mass is 421 g/mol. The van der Waals surface area contributed by atoms with Crippen LogP contribution in [0.15, 0.2) is 54.7 Å². The Bertz CT molecular complexity index is 1040.